The number of ether oxygens (including phenoxy) is 1. The molecule has 36 heavy (non-hydrogen) atoms. The van der Waals surface area contributed by atoms with E-state index in [1.807, 2.05) is 61.6 Å². The summed E-state index contributed by atoms with van der Waals surface area (Å²) in [6, 6.07) is 8.95. The number of carbonyl (C=O) groups is 3. The van der Waals surface area contributed by atoms with Gasteiger partial charge in [-0.15, -0.1) is 0 Å². The van der Waals surface area contributed by atoms with Crippen LogP contribution in [0.2, 0.25) is 0 Å². The Balaban J connectivity index is 1.53. The van der Waals surface area contributed by atoms with Crippen LogP contribution < -0.4 is 0 Å². The molecule has 4 heterocycles. The second kappa shape index (κ2) is 10.2. The van der Waals surface area contributed by atoms with E-state index in [1.165, 1.54) is 0 Å². The maximum Gasteiger partial charge on any atom is 0.249 e. The van der Waals surface area contributed by atoms with Gasteiger partial charge in [0.05, 0.1) is 17.9 Å². The van der Waals surface area contributed by atoms with Gasteiger partial charge in [-0.1, -0.05) is 61.6 Å². The fourth-order valence-electron chi connectivity index (χ4n) is 6.29. The highest BCUT2D eigenvalue weighted by Crippen LogP contribution is 2.53. The summed E-state index contributed by atoms with van der Waals surface area (Å²) >= 11 is 0. The number of aliphatic hydroxyl groups excluding tert-OH is 1. The Bertz CT molecular complexity index is 1060. The van der Waals surface area contributed by atoms with E-state index in [0.29, 0.717) is 45.6 Å². The van der Waals surface area contributed by atoms with Gasteiger partial charge in [-0.2, -0.15) is 0 Å². The molecular formula is C28H35N3O5. The van der Waals surface area contributed by atoms with Crippen LogP contribution in [-0.2, 0) is 25.7 Å². The van der Waals surface area contributed by atoms with Crippen molar-refractivity contribution in [2.45, 2.75) is 50.5 Å². The topological polar surface area (TPSA) is 90.4 Å². The average molecular weight is 494 g/mol. The highest BCUT2D eigenvalue weighted by molar-refractivity contribution is 5.99. The van der Waals surface area contributed by atoms with E-state index in [-0.39, 0.29) is 24.3 Å². The molecule has 4 aliphatic heterocycles. The molecule has 8 heteroatoms. The number of rotatable bonds is 8. The van der Waals surface area contributed by atoms with Crippen molar-refractivity contribution in [1.29, 1.82) is 0 Å². The van der Waals surface area contributed by atoms with Gasteiger partial charge >= 0.3 is 0 Å². The minimum Gasteiger partial charge on any atom is -0.396 e. The van der Waals surface area contributed by atoms with Crippen molar-refractivity contribution in [2.75, 3.05) is 32.8 Å². The van der Waals surface area contributed by atoms with E-state index in [2.05, 4.69) is 0 Å². The zero-order valence-electron chi connectivity index (χ0n) is 20.8. The quantitative estimate of drug-likeness (QED) is 0.440. The average Bonchev–Trinajstić information content (AvgIpc) is 3.20. The van der Waals surface area contributed by atoms with Crippen LogP contribution in [0.3, 0.4) is 0 Å². The molecule has 2 fully saturated rings. The van der Waals surface area contributed by atoms with Crippen LogP contribution in [0.4, 0.5) is 0 Å². The van der Waals surface area contributed by atoms with Crippen molar-refractivity contribution < 1.29 is 24.2 Å². The van der Waals surface area contributed by atoms with E-state index < -0.39 is 29.6 Å². The lowest BCUT2D eigenvalue weighted by Gasteiger charge is -2.35. The van der Waals surface area contributed by atoms with Gasteiger partial charge in [-0.25, -0.2) is 0 Å². The Morgan fingerprint density at radius 2 is 1.75 bits per heavy atom. The smallest absolute Gasteiger partial charge is 0.249 e. The number of amides is 3. The fourth-order valence-corrected chi connectivity index (χ4v) is 6.29. The molecule has 1 spiro atoms. The van der Waals surface area contributed by atoms with Crippen molar-refractivity contribution in [3.05, 3.63) is 60.2 Å². The number of benzene rings is 1. The van der Waals surface area contributed by atoms with Crippen LogP contribution in [0.1, 0.15) is 31.7 Å². The summed E-state index contributed by atoms with van der Waals surface area (Å²) in [5.74, 6) is -1.87. The predicted octanol–water partition coefficient (Wildman–Crippen LogP) is 1.75. The lowest BCUT2D eigenvalue weighted by Crippen LogP contribution is -2.55. The number of unbranched alkanes of at least 4 members (excludes halogenated alkanes) is 1. The number of aliphatic hydroxyl groups is 1. The first kappa shape index (κ1) is 24.7. The third-order valence-corrected chi connectivity index (χ3v) is 7.84. The Morgan fingerprint density at radius 1 is 0.972 bits per heavy atom. The lowest BCUT2D eigenvalue weighted by atomic mass is 9.77. The Morgan fingerprint density at radius 3 is 2.50 bits per heavy atom. The van der Waals surface area contributed by atoms with Gasteiger partial charge < -0.3 is 24.5 Å². The first-order valence-corrected chi connectivity index (χ1v) is 13.1. The van der Waals surface area contributed by atoms with Crippen LogP contribution in [0, 0.1) is 11.8 Å². The molecule has 3 amide bonds. The van der Waals surface area contributed by atoms with Gasteiger partial charge in [-0.3, -0.25) is 14.4 Å². The van der Waals surface area contributed by atoms with Crippen LogP contribution in [0.15, 0.2) is 54.6 Å². The Kier molecular flexibility index (Phi) is 6.99. The van der Waals surface area contributed by atoms with Crippen molar-refractivity contribution in [3.63, 3.8) is 0 Å². The van der Waals surface area contributed by atoms with Crippen molar-refractivity contribution in [1.82, 2.24) is 14.7 Å². The van der Waals surface area contributed by atoms with Gasteiger partial charge in [0.1, 0.15) is 11.6 Å². The van der Waals surface area contributed by atoms with E-state index in [1.54, 1.807) is 14.7 Å². The van der Waals surface area contributed by atoms with Crippen LogP contribution in [0.5, 0.6) is 0 Å². The molecular weight excluding hydrogens is 458 g/mol. The van der Waals surface area contributed by atoms with Gasteiger partial charge in [0.2, 0.25) is 17.7 Å². The molecule has 4 aliphatic rings. The first-order valence-electron chi connectivity index (χ1n) is 13.1. The normalized spacial score (nSPS) is 31.4. The summed E-state index contributed by atoms with van der Waals surface area (Å²) in [6.07, 6.45) is 9.02. The molecule has 0 aliphatic carbocycles. The summed E-state index contributed by atoms with van der Waals surface area (Å²) < 4.78 is 6.63. The largest absolute Gasteiger partial charge is 0.396 e. The number of nitrogens with zero attached hydrogens (tertiary/aromatic N) is 3. The molecule has 8 nitrogen and oxygen atoms in total. The molecule has 1 aromatic rings. The number of fused-ring (bicyclic) bond motifs is 2. The lowest BCUT2D eigenvalue weighted by molar-refractivity contribution is -0.148. The third-order valence-electron chi connectivity index (χ3n) is 7.84. The zero-order valence-corrected chi connectivity index (χ0v) is 20.8. The molecule has 0 saturated carbocycles. The molecule has 5 rings (SSSR count). The molecule has 0 bridgehead atoms. The second-order valence-electron chi connectivity index (χ2n) is 10.1. The summed E-state index contributed by atoms with van der Waals surface area (Å²) in [6.45, 7) is 4.33. The SMILES string of the molecule is CCCN1CC=C[C@H]2O[C@]34C=CCN(Cc5ccccc5)C(=O)C3N(CCCCO)C(=O)[C@@H]4[C@H]2C1=O. The highest BCUT2D eigenvalue weighted by atomic mass is 16.5. The van der Waals surface area contributed by atoms with Gasteiger partial charge in [0.25, 0.3) is 0 Å². The highest BCUT2D eigenvalue weighted by Gasteiger charge is 2.71. The van der Waals surface area contributed by atoms with Gasteiger partial charge in [-0.05, 0) is 24.8 Å². The van der Waals surface area contributed by atoms with Crippen LogP contribution >= 0.6 is 0 Å². The summed E-state index contributed by atoms with van der Waals surface area (Å²) in [5, 5.41) is 9.33. The van der Waals surface area contributed by atoms with Crippen LogP contribution in [0.25, 0.3) is 0 Å². The standard InChI is InChI=1S/C28H35N3O5/c1-2-14-29-15-8-12-21-22(25(29)33)23-26(34)31(17-6-7-18-32)24-27(35)30(16-9-13-28(23,24)36-21)19-20-10-4-3-5-11-20/h3-5,8-13,21-24,32H,2,6-7,14-19H2,1H3/t21-,22+,23+,24?,28+/m1/s1. The maximum atomic E-state index is 14.1. The minimum atomic E-state index is -1.19. The fraction of sp³-hybridized carbons (Fsp3) is 0.536. The van der Waals surface area contributed by atoms with Gasteiger partial charge in [0.15, 0.2) is 0 Å². The zero-order chi connectivity index (χ0) is 25.3. The minimum absolute atomic E-state index is 0.0196. The molecule has 2 saturated heterocycles. The molecule has 1 unspecified atom stereocenters. The van der Waals surface area contributed by atoms with Crippen molar-refractivity contribution >= 4 is 17.7 Å². The molecule has 0 radical (unpaired) electrons. The van der Waals surface area contributed by atoms with Crippen molar-refractivity contribution in [3.8, 4) is 0 Å². The molecule has 0 aromatic heterocycles. The summed E-state index contributed by atoms with van der Waals surface area (Å²) in [4.78, 5) is 47.0. The number of hydrogen-bond donors (Lipinski definition) is 1. The Labute approximate surface area is 212 Å². The first-order chi connectivity index (χ1) is 17.5. The number of carbonyl (C=O) groups excluding carboxylic acids is 3. The molecule has 1 aromatic carbocycles. The van der Waals surface area contributed by atoms with Gasteiger partial charge in [0, 0.05) is 39.3 Å². The molecule has 1 N–H and O–H groups in total. The van der Waals surface area contributed by atoms with Crippen LogP contribution in [-0.4, -0.2) is 88.1 Å². The van der Waals surface area contributed by atoms with E-state index >= 15 is 0 Å². The predicted molar refractivity (Wildman–Crippen MR) is 133 cm³/mol. The molecule has 192 valence electrons. The Hall–Kier alpha value is -2.97. The molecule has 5 atom stereocenters. The third kappa shape index (κ3) is 4.06. The van der Waals surface area contributed by atoms with E-state index in [9.17, 15) is 19.5 Å². The maximum absolute atomic E-state index is 14.1. The number of hydrogen-bond acceptors (Lipinski definition) is 5. The summed E-state index contributed by atoms with van der Waals surface area (Å²) in [5.41, 5.74) is -0.183. The monoisotopic (exact) mass is 493 g/mol. The second-order valence-corrected chi connectivity index (χ2v) is 10.1. The van der Waals surface area contributed by atoms with E-state index in [4.69, 9.17) is 4.74 Å². The van der Waals surface area contributed by atoms with E-state index in [0.717, 1.165) is 12.0 Å². The number of likely N-dealkylation sites (tertiary alicyclic amines) is 1. The summed E-state index contributed by atoms with van der Waals surface area (Å²) in [7, 11) is 0. The van der Waals surface area contributed by atoms with Crippen molar-refractivity contribution in [2.24, 2.45) is 11.8 Å².